The molecule has 6 rings (SSSR count). The third-order valence-corrected chi connectivity index (χ3v) is 8.71. The fourth-order valence-electron chi connectivity index (χ4n) is 7.31. The van der Waals surface area contributed by atoms with Crippen LogP contribution in [0.25, 0.3) is 10.4 Å². The summed E-state index contributed by atoms with van der Waals surface area (Å²) in [4.78, 5) is 42.8. The van der Waals surface area contributed by atoms with Gasteiger partial charge in [0.05, 0.1) is 22.3 Å². The van der Waals surface area contributed by atoms with Crippen molar-refractivity contribution < 1.29 is 24.4 Å². The zero-order chi connectivity index (χ0) is 26.1. The van der Waals surface area contributed by atoms with Crippen LogP contribution < -0.4 is 10.1 Å². The number of nitrogens with one attached hydrogen (secondary N) is 1. The van der Waals surface area contributed by atoms with Crippen molar-refractivity contribution in [1.29, 1.82) is 0 Å². The molecule has 4 atom stereocenters. The van der Waals surface area contributed by atoms with E-state index in [9.17, 15) is 24.8 Å². The lowest BCUT2D eigenvalue weighted by atomic mass is 9.47. The van der Waals surface area contributed by atoms with E-state index in [-0.39, 0.29) is 47.4 Å². The second kappa shape index (κ2) is 7.92. The SMILES string of the molecule is CN1CCC23c4c5ccc(O)c4O[C@@H]2C(=O)CCC3(NC(=O)Cc2cc(N=[N+]=[N-])ccc2[N+](=O)[O-])C1C5. The molecule has 1 spiro atoms. The van der Waals surface area contributed by atoms with E-state index in [0.29, 0.717) is 31.6 Å². The Morgan fingerprint density at radius 1 is 1.38 bits per heavy atom. The minimum absolute atomic E-state index is 0.0292. The lowest BCUT2D eigenvalue weighted by molar-refractivity contribution is -0.385. The lowest BCUT2D eigenvalue weighted by Crippen LogP contribution is -2.81. The lowest BCUT2D eigenvalue weighted by Gasteiger charge is -2.64. The van der Waals surface area contributed by atoms with Crippen LogP contribution in [0.15, 0.2) is 35.4 Å². The van der Waals surface area contributed by atoms with Crippen LogP contribution in [0.1, 0.15) is 36.0 Å². The zero-order valence-corrected chi connectivity index (χ0v) is 20.0. The molecule has 37 heavy (non-hydrogen) atoms. The molecule has 0 aromatic heterocycles. The third-order valence-electron chi connectivity index (χ3n) is 8.71. The molecule has 2 heterocycles. The fourth-order valence-corrected chi connectivity index (χ4v) is 7.31. The number of aromatic hydroxyl groups is 1. The summed E-state index contributed by atoms with van der Waals surface area (Å²) in [5, 5.41) is 29.0. The van der Waals surface area contributed by atoms with E-state index in [1.807, 2.05) is 13.1 Å². The molecule has 12 heteroatoms. The van der Waals surface area contributed by atoms with Crippen molar-refractivity contribution >= 4 is 23.1 Å². The second-order valence-electron chi connectivity index (χ2n) is 10.3. The average Bonchev–Trinajstić information content (AvgIpc) is 3.21. The minimum Gasteiger partial charge on any atom is -0.504 e. The Kier molecular flexibility index (Phi) is 4.98. The molecule has 12 nitrogen and oxygen atoms in total. The Bertz CT molecular complexity index is 1440. The van der Waals surface area contributed by atoms with Gasteiger partial charge in [-0.05, 0) is 62.1 Å². The Morgan fingerprint density at radius 3 is 2.95 bits per heavy atom. The number of phenols is 1. The number of carbonyl (C=O) groups excluding carboxylic acids is 2. The number of likely N-dealkylation sites (tertiary alicyclic amines) is 1. The second-order valence-corrected chi connectivity index (χ2v) is 10.3. The van der Waals surface area contributed by atoms with Crippen molar-refractivity contribution in [3.63, 3.8) is 0 Å². The van der Waals surface area contributed by atoms with Crippen molar-refractivity contribution in [2.45, 2.75) is 55.2 Å². The number of hydrogen-bond donors (Lipinski definition) is 2. The molecule has 2 aliphatic heterocycles. The van der Waals surface area contributed by atoms with Crippen molar-refractivity contribution in [3.8, 4) is 11.5 Å². The molecule has 3 unspecified atom stereocenters. The Morgan fingerprint density at radius 2 is 2.19 bits per heavy atom. The van der Waals surface area contributed by atoms with Gasteiger partial charge in [-0.25, -0.2) is 0 Å². The van der Waals surface area contributed by atoms with Gasteiger partial charge in [-0.1, -0.05) is 11.2 Å². The predicted octanol–water partition coefficient (Wildman–Crippen LogP) is 2.96. The Hall–Kier alpha value is -4.15. The monoisotopic (exact) mass is 504 g/mol. The van der Waals surface area contributed by atoms with E-state index in [0.717, 1.165) is 11.1 Å². The Balaban J connectivity index is 1.45. The van der Waals surface area contributed by atoms with Gasteiger partial charge in [-0.3, -0.25) is 19.7 Å². The van der Waals surface area contributed by atoms with Gasteiger partial charge in [-0.15, -0.1) is 0 Å². The summed E-state index contributed by atoms with van der Waals surface area (Å²) >= 11 is 0. The molecule has 2 aliphatic carbocycles. The molecule has 2 fully saturated rings. The number of phenolic OH excluding ortho intramolecular Hbond substituents is 1. The summed E-state index contributed by atoms with van der Waals surface area (Å²) in [6.07, 6.45) is 0.598. The van der Waals surface area contributed by atoms with Gasteiger partial charge >= 0.3 is 0 Å². The molecule has 1 amide bonds. The number of piperidine rings is 1. The Labute approximate surface area is 211 Å². The van der Waals surface area contributed by atoms with Crippen LogP contribution in [0.5, 0.6) is 11.5 Å². The van der Waals surface area contributed by atoms with Gasteiger partial charge in [0.1, 0.15) is 0 Å². The maximum atomic E-state index is 13.7. The molecule has 190 valence electrons. The van der Waals surface area contributed by atoms with Crippen molar-refractivity contribution in [3.05, 3.63) is 67.6 Å². The normalized spacial score (nSPS) is 29.1. The van der Waals surface area contributed by atoms with Crippen LogP contribution in [0.4, 0.5) is 11.4 Å². The van der Waals surface area contributed by atoms with Gasteiger partial charge in [0.2, 0.25) is 5.91 Å². The maximum absolute atomic E-state index is 13.7. The zero-order valence-electron chi connectivity index (χ0n) is 20.0. The molecular formula is C25H24N6O6. The molecule has 1 saturated carbocycles. The minimum atomic E-state index is -0.876. The number of hydrogen-bond acceptors (Lipinski definition) is 8. The third kappa shape index (κ3) is 3.03. The summed E-state index contributed by atoms with van der Waals surface area (Å²) in [5.41, 5.74) is 8.87. The highest BCUT2D eigenvalue weighted by Gasteiger charge is 2.73. The van der Waals surface area contributed by atoms with Gasteiger partial charge in [0.15, 0.2) is 23.4 Å². The number of ketones is 1. The average molecular weight is 505 g/mol. The van der Waals surface area contributed by atoms with Gasteiger partial charge in [0.25, 0.3) is 5.69 Å². The van der Waals surface area contributed by atoms with Crippen molar-refractivity contribution in [1.82, 2.24) is 10.2 Å². The van der Waals surface area contributed by atoms with Crippen LogP contribution in [0.3, 0.4) is 0 Å². The number of azide groups is 1. The molecule has 1 saturated heterocycles. The number of nitro benzene ring substituents is 1. The number of nitrogens with zero attached hydrogens (tertiary/aromatic N) is 5. The molecule has 2 N–H and O–H groups in total. The highest BCUT2D eigenvalue weighted by atomic mass is 16.6. The van der Waals surface area contributed by atoms with Crippen LogP contribution in [-0.4, -0.2) is 57.9 Å². The number of amides is 1. The van der Waals surface area contributed by atoms with E-state index in [2.05, 4.69) is 20.2 Å². The number of benzene rings is 2. The molecule has 2 aromatic carbocycles. The molecule has 2 bridgehead atoms. The van der Waals surface area contributed by atoms with E-state index < -0.39 is 27.9 Å². The van der Waals surface area contributed by atoms with Crippen molar-refractivity contribution in [2.75, 3.05) is 13.6 Å². The molecule has 0 radical (unpaired) electrons. The molecular weight excluding hydrogens is 480 g/mol. The fraction of sp³-hybridized carbons (Fsp3) is 0.440. The first-order valence-electron chi connectivity index (χ1n) is 12.1. The quantitative estimate of drug-likeness (QED) is 0.207. The summed E-state index contributed by atoms with van der Waals surface area (Å²) in [5.74, 6) is -0.212. The van der Waals surface area contributed by atoms with Crippen LogP contribution in [0, 0.1) is 10.1 Å². The summed E-state index contributed by atoms with van der Waals surface area (Å²) in [7, 11) is 1.99. The first kappa shape index (κ1) is 23.3. The summed E-state index contributed by atoms with van der Waals surface area (Å²) in [6.45, 7) is 0.684. The van der Waals surface area contributed by atoms with Gasteiger partial charge in [0, 0.05) is 40.3 Å². The number of ether oxygens (including phenoxy) is 1. The van der Waals surface area contributed by atoms with Gasteiger partial charge in [-0.2, -0.15) is 0 Å². The van der Waals surface area contributed by atoms with Crippen molar-refractivity contribution in [2.24, 2.45) is 5.11 Å². The smallest absolute Gasteiger partial charge is 0.273 e. The largest absolute Gasteiger partial charge is 0.504 e. The first-order chi connectivity index (χ1) is 17.7. The van der Waals surface area contributed by atoms with E-state index in [1.165, 1.54) is 18.2 Å². The maximum Gasteiger partial charge on any atom is 0.273 e. The highest BCUT2D eigenvalue weighted by Crippen LogP contribution is 2.64. The summed E-state index contributed by atoms with van der Waals surface area (Å²) < 4.78 is 6.17. The highest BCUT2D eigenvalue weighted by molar-refractivity contribution is 5.91. The van der Waals surface area contributed by atoms with Crippen LogP contribution in [0.2, 0.25) is 0 Å². The summed E-state index contributed by atoms with van der Waals surface area (Å²) in [6, 6.07) is 7.20. The first-order valence-corrected chi connectivity index (χ1v) is 12.1. The van der Waals surface area contributed by atoms with Crippen LogP contribution in [-0.2, 0) is 27.8 Å². The molecule has 2 aromatic rings. The van der Waals surface area contributed by atoms with E-state index in [4.69, 9.17) is 10.3 Å². The number of likely N-dealkylation sites (N-methyl/N-ethyl adjacent to an activating group) is 1. The predicted molar refractivity (Wildman–Crippen MR) is 130 cm³/mol. The van der Waals surface area contributed by atoms with E-state index >= 15 is 0 Å². The number of Topliss-reactive ketones (excluding diaryl/α,β-unsaturated/α-hetero) is 1. The number of rotatable bonds is 5. The van der Waals surface area contributed by atoms with Gasteiger partial charge < -0.3 is 20.1 Å². The topological polar surface area (TPSA) is 171 Å². The standard InChI is InChI=1S/C25H24N6O6/c1-30-9-8-24-21-13-2-5-17(32)22(21)37-23(24)18(33)6-7-25(24,19(30)11-13)27-20(34)12-14-10-15(28-29-26)3-4-16(14)31(35)36/h2-5,10,19,23,32H,6-9,11-12H2,1H3,(H,27,34)/t19?,23-,24?,25?/m1/s1. The molecule has 4 aliphatic rings. The van der Waals surface area contributed by atoms with E-state index in [1.54, 1.807) is 6.07 Å². The van der Waals surface area contributed by atoms with Crippen LogP contribution >= 0.6 is 0 Å². The number of carbonyl (C=O) groups is 2. The number of nitro groups is 1.